The number of hydrogen-bond donors (Lipinski definition) is 0. The molecule has 6 heteroatoms. The number of likely N-dealkylation sites (N-methyl/N-ethyl adjacent to an activating group) is 1. The molecule has 0 unspecified atom stereocenters. The van der Waals surface area contributed by atoms with Gasteiger partial charge < -0.3 is 4.90 Å². The highest BCUT2D eigenvalue weighted by molar-refractivity contribution is 7.88. The van der Waals surface area contributed by atoms with Crippen LogP contribution in [0.2, 0.25) is 0 Å². The molecule has 0 bridgehead atoms. The Bertz CT molecular complexity index is 571. The first-order chi connectivity index (χ1) is 9.39. The fourth-order valence-corrected chi connectivity index (χ4v) is 3.69. The molecule has 1 amide bonds. The van der Waals surface area contributed by atoms with E-state index in [2.05, 4.69) is 0 Å². The summed E-state index contributed by atoms with van der Waals surface area (Å²) in [6, 6.07) is 9.13. The molecule has 1 saturated heterocycles. The van der Waals surface area contributed by atoms with Crippen LogP contribution in [0, 0.1) is 0 Å². The summed E-state index contributed by atoms with van der Waals surface area (Å²) >= 11 is 0. The third-order valence-electron chi connectivity index (χ3n) is 3.55. The van der Waals surface area contributed by atoms with Gasteiger partial charge in [-0.1, -0.05) is 30.3 Å². The SMILES string of the molecule is CN(Cc1ccccc1)C(=O)[C@@H]1CCCN1S(C)(=O)=O. The van der Waals surface area contributed by atoms with Gasteiger partial charge in [0.15, 0.2) is 0 Å². The fraction of sp³-hybridized carbons (Fsp3) is 0.500. The Hall–Kier alpha value is -1.40. The van der Waals surface area contributed by atoms with Gasteiger partial charge >= 0.3 is 0 Å². The molecule has 1 aliphatic rings. The second-order valence-corrected chi connectivity index (χ2v) is 7.15. The Labute approximate surface area is 120 Å². The Morgan fingerprint density at radius 2 is 2.00 bits per heavy atom. The van der Waals surface area contributed by atoms with E-state index in [4.69, 9.17) is 0 Å². The van der Waals surface area contributed by atoms with Crippen molar-refractivity contribution in [1.29, 1.82) is 0 Å². The van der Waals surface area contributed by atoms with Crippen LogP contribution in [0.5, 0.6) is 0 Å². The average molecular weight is 296 g/mol. The molecule has 1 atom stereocenters. The molecule has 1 fully saturated rings. The molecule has 0 aromatic heterocycles. The monoisotopic (exact) mass is 296 g/mol. The van der Waals surface area contributed by atoms with Gasteiger partial charge in [0.05, 0.1) is 6.26 Å². The maximum Gasteiger partial charge on any atom is 0.241 e. The van der Waals surface area contributed by atoms with Gasteiger partial charge in [0.1, 0.15) is 6.04 Å². The summed E-state index contributed by atoms with van der Waals surface area (Å²) in [5, 5.41) is 0. The van der Waals surface area contributed by atoms with Crippen molar-refractivity contribution in [2.75, 3.05) is 19.8 Å². The maximum absolute atomic E-state index is 12.4. The van der Waals surface area contributed by atoms with Gasteiger partial charge in [-0.15, -0.1) is 0 Å². The molecule has 1 aliphatic heterocycles. The fourth-order valence-electron chi connectivity index (χ4n) is 2.57. The number of carbonyl (C=O) groups excluding carboxylic acids is 1. The van der Waals surface area contributed by atoms with E-state index >= 15 is 0 Å². The number of hydrogen-bond acceptors (Lipinski definition) is 3. The summed E-state index contributed by atoms with van der Waals surface area (Å²) in [6.45, 7) is 0.933. The van der Waals surface area contributed by atoms with Crippen molar-refractivity contribution < 1.29 is 13.2 Å². The lowest BCUT2D eigenvalue weighted by Crippen LogP contribution is -2.45. The van der Waals surface area contributed by atoms with Gasteiger partial charge in [-0.25, -0.2) is 8.42 Å². The topological polar surface area (TPSA) is 57.7 Å². The number of carbonyl (C=O) groups is 1. The van der Waals surface area contributed by atoms with Crippen LogP contribution in [0.1, 0.15) is 18.4 Å². The largest absolute Gasteiger partial charge is 0.340 e. The Balaban J connectivity index is 2.07. The van der Waals surface area contributed by atoms with Crippen LogP contribution < -0.4 is 0 Å². The lowest BCUT2D eigenvalue weighted by molar-refractivity contribution is -0.133. The zero-order valence-corrected chi connectivity index (χ0v) is 12.6. The highest BCUT2D eigenvalue weighted by atomic mass is 32.2. The highest BCUT2D eigenvalue weighted by Crippen LogP contribution is 2.22. The van der Waals surface area contributed by atoms with Crippen LogP contribution in [0.25, 0.3) is 0 Å². The molecule has 1 aromatic rings. The summed E-state index contributed by atoms with van der Waals surface area (Å²) in [4.78, 5) is 14.0. The standard InChI is InChI=1S/C14H20N2O3S/c1-15(11-12-7-4-3-5-8-12)14(17)13-9-6-10-16(13)20(2,18)19/h3-5,7-8,13H,6,9-11H2,1-2H3/t13-/m0/s1. The minimum Gasteiger partial charge on any atom is -0.340 e. The molecule has 1 aromatic carbocycles. The van der Waals surface area contributed by atoms with Crippen LogP contribution in [0.15, 0.2) is 30.3 Å². The molecule has 0 saturated carbocycles. The summed E-state index contributed by atoms with van der Waals surface area (Å²) < 4.78 is 24.7. The predicted molar refractivity (Wildman–Crippen MR) is 77.5 cm³/mol. The van der Waals surface area contributed by atoms with E-state index in [-0.39, 0.29) is 5.91 Å². The minimum atomic E-state index is -3.32. The number of nitrogens with zero attached hydrogens (tertiary/aromatic N) is 2. The van der Waals surface area contributed by atoms with E-state index < -0.39 is 16.1 Å². The Morgan fingerprint density at radius 1 is 1.35 bits per heavy atom. The van der Waals surface area contributed by atoms with Crippen LogP contribution >= 0.6 is 0 Å². The van der Waals surface area contributed by atoms with Gasteiger partial charge in [0, 0.05) is 20.1 Å². The van der Waals surface area contributed by atoms with Gasteiger partial charge in [0.2, 0.25) is 15.9 Å². The number of amides is 1. The van der Waals surface area contributed by atoms with E-state index in [0.29, 0.717) is 19.5 Å². The minimum absolute atomic E-state index is 0.128. The van der Waals surface area contributed by atoms with Crippen molar-refractivity contribution in [3.05, 3.63) is 35.9 Å². The molecule has 1 heterocycles. The first kappa shape index (κ1) is 15.0. The van der Waals surface area contributed by atoms with Crippen LogP contribution in [-0.2, 0) is 21.4 Å². The van der Waals surface area contributed by atoms with Gasteiger partial charge in [-0.05, 0) is 18.4 Å². The van der Waals surface area contributed by atoms with Crippen molar-refractivity contribution in [2.45, 2.75) is 25.4 Å². The molecule has 110 valence electrons. The molecule has 0 radical (unpaired) electrons. The van der Waals surface area contributed by atoms with Crippen molar-refractivity contribution in [3.63, 3.8) is 0 Å². The van der Waals surface area contributed by atoms with E-state index in [1.807, 2.05) is 30.3 Å². The van der Waals surface area contributed by atoms with Gasteiger partial charge in [0.25, 0.3) is 0 Å². The highest BCUT2D eigenvalue weighted by Gasteiger charge is 2.37. The van der Waals surface area contributed by atoms with Crippen LogP contribution in [-0.4, -0.2) is 49.4 Å². The summed E-state index contributed by atoms with van der Waals surface area (Å²) in [7, 11) is -1.60. The molecule has 20 heavy (non-hydrogen) atoms. The van der Waals surface area contributed by atoms with Gasteiger partial charge in [-0.2, -0.15) is 4.31 Å². The molecule has 2 rings (SSSR count). The predicted octanol–water partition coefficient (Wildman–Crippen LogP) is 1.07. The molecule has 0 spiro atoms. The second kappa shape index (κ2) is 5.93. The molecule has 0 aliphatic carbocycles. The lowest BCUT2D eigenvalue weighted by Gasteiger charge is -2.26. The second-order valence-electron chi connectivity index (χ2n) is 5.21. The number of sulfonamides is 1. The molecular formula is C14H20N2O3S. The van der Waals surface area contributed by atoms with E-state index in [0.717, 1.165) is 18.2 Å². The normalized spacial score (nSPS) is 20.0. The lowest BCUT2D eigenvalue weighted by atomic mass is 10.1. The molecule has 5 nitrogen and oxygen atoms in total. The average Bonchev–Trinajstić information content (AvgIpc) is 2.88. The Morgan fingerprint density at radius 3 is 2.60 bits per heavy atom. The number of benzene rings is 1. The third kappa shape index (κ3) is 3.37. The van der Waals surface area contributed by atoms with E-state index in [1.54, 1.807) is 11.9 Å². The maximum atomic E-state index is 12.4. The Kier molecular flexibility index (Phi) is 4.45. The van der Waals surface area contributed by atoms with Crippen molar-refractivity contribution in [2.24, 2.45) is 0 Å². The third-order valence-corrected chi connectivity index (χ3v) is 4.84. The van der Waals surface area contributed by atoms with E-state index in [1.165, 1.54) is 4.31 Å². The quantitative estimate of drug-likeness (QED) is 0.835. The van der Waals surface area contributed by atoms with Crippen LogP contribution in [0.4, 0.5) is 0 Å². The van der Waals surface area contributed by atoms with Crippen molar-refractivity contribution >= 4 is 15.9 Å². The summed E-state index contributed by atoms with van der Waals surface area (Å²) in [5.74, 6) is -0.128. The summed E-state index contributed by atoms with van der Waals surface area (Å²) in [6.07, 6.45) is 2.50. The van der Waals surface area contributed by atoms with Gasteiger partial charge in [-0.3, -0.25) is 4.79 Å². The zero-order chi connectivity index (χ0) is 14.8. The molecular weight excluding hydrogens is 276 g/mol. The molecule has 0 N–H and O–H groups in total. The first-order valence-electron chi connectivity index (χ1n) is 6.65. The van der Waals surface area contributed by atoms with E-state index in [9.17, 15) is 13.2 Å². The van der Waals surface area contributed by atoms with Crippen molar-refractivity contribution in [3.8, 4) is 0 Å². The smallest absolute Gasteiger partial charge is 0.241 e. The zero-order valence-electron chi connectivity index (χ0n) is 11.8. The summed E-state index contributed by atoms with van der Waals surface area (Å²) in [5.41, 5.74) is 1.03. The van der Waals surface area contributed by atoms with Crippen LogP contribution in [0.3, 0.4) is 0 Å². The van der Waals surface area contributed by atoms with Crippen molar-refractivity contribution in [1.82, 2.24) is 9.21 Å². The first-order valence-corrected chi connectivity index (χ1v) is 8.50. The number of rotatable bonds is 4.